The van der Waals surface area contributed by atoms with Crippen LogP contribution in [0.15, 0.2) is 23.9 Å². The SMILES string of the molecule is Cn1cc(C2CC=C(B3OC(C)(C)C(C)(C)O3)CC2)cn1. The molecule has 1 saturated heterocycles. The average Bonchev–Trinajstić information content (AvgIpc) is 2.92. The van der Waals surface area contributed by atoms with Gasteiger partial charge in [-0.2, -0.15) is 5.10 Å². The van der Waals surface area contributed by atoms with Crippen LogP contribution in [-0.4, -0.2) is 28.1 Å². The van der Waals surface area contributed by atoms with Crippen LogP contribution in [-0.2, 0) is 16.4 Å². The molecule has 21 heavy (non-hydrogen) atoms. The van der Waals surface area contributed by atoms with Gasteiger partial charge < -0.3 is 9.31 Å². The summed E-state index contributed by atoms with van der Waals surface area (Å²) in [5.74, 6) is 0.574. The second-order valence-corrected chi connectivity index (χ2v) is 7.29. The van der Waals surface area contributed by atoms with E-state index in [4.69, 9.17) is 9.31 Å². The molecule has 1 aliphatic carbocycles. The Morgan fingerprint density at radius 1 is 1.24 bits per heavy atom. The van der Waals surface area contributed by atoms with Gasteiger partial charge in [-0.1, -0.05) is 6.08 Å². The molecular weight excluding hydrogens is 263 g/mol. The van der Waals surface area contributed by atoms with E-state index in [1.165, 1.54) is 11.0 Å². The molecule has 1 fully saturated rings. The fraction of sp³-hybridized carbons (Fsp3) is 0.688. The molecule has 1 unspecified atom stereocenters. The normalized spacial score (nSPS) is 27.8. The molecule has 0 saturated carbocycles. The van der Waals surface area contributed by atoms with Gasteiger partial charge in [0.2, 0.25) is 0 Å². The third-order valence-electron chi connectivity index (χ3n) is 5.20. The van der Waals surface area contributed by atoms with Crippen molar-refractivity contribution in [3.8, 4) is 0 Å². The molecule has 0 N–H and O–H groups in total. The van der Waals surface area contributed by atoms with Crippen LogP contribution >= 0.6 is 0 Å². The van der Waals surface area contributed by atoms with E-state index in [0.717, 1.165) is 19.3 Å². The number of aryl methyl sites for hydroxylation is 1. The molecule has 1 aromatic heterocycles. The summed E-state index contributed by atoms with van der Waals surface area (Å²) in [6.45, 7) is 8.42. The molecule has 2 heterocycles. The van der Waals surface area contributed by atoms with Crippen molar-refractivity contribution >= 4 is 7.12 Å². The van der Waals surface area contributed by atoms with Crippen LogP contribution in [0.3, 0.4) is 0 Å². The minimum absolute atomic E-state index is 0.176. The number of nitrogens with zero attached hydrogens (tertiary/aromatic N) is 2. The molecule has 0 amide bonds. The van der Waals surface area contributed by atoms with Crippen molar-refractivity contribution in [1.29, 1.82) is 0 Å². The molecule has 1 atom stereocenters. The zero-order valence-electron chi connectivity index (χ0n) is 13.7. The third-order valence-corrected chi connectivity index (χ3v) is 5.20. The van der Waals surface area contributed by atoms with E-state index in [1.807, 2.05) is 17.9 Å². The van der Waals surface area contributed by atoms with E-state index < -0.39 is 0 Å². The van der Waals surface area contributed by atoms with E-state index in [-0.39, 0.29) is 18.3 Å². The Labute approximate surface area is 127 Å². The predicted molar refractivity (Wildman–Crippen MR) is 84.0 cm³/mol. The first-order chi connectivity index (χ1) is 9.78. The van der Waals surface area contributed by atoms with Crippen LogP contribution in [0.2, 0.25) is 0 Å². The largest absolute Gasteiger partial charge is 0.490 e. The molecule has 5 heteroatoms. The number of aromatic nitrogens is 2. The topological polar surface area (TPSA) is 36.3 Å². The summed E-state index contributed by atoms with van der Waals surface area (Å²) >= 11 is 0. The monoisotopic (exact) mass is 288 g/mol. The molecule has 1 aromatic rings. The lowest BCUT2D eigenvalue weighted by Gasteiger charge is -2.32. The van der Waals surface area contributed by atoms with E-state index in [9.17, 15) is 0 Å². The maximum Gasteiger partial charge on any atom is 0.490 e. The lowest BCUT2D eigenvalue weighted by Crippen LogP contribution is -2.41. The Hall–Kier alpha value is -1.07. The predicted octanol–water partition coefficient (Wildman–Crippen LogP) is 3.25. The van der Waals surface area contributed by atoms with Gasteiger partial charge in [0.25, 0.3) is 0 Å². The second-order valence-electron chi connectivity index (χ2n) is 7.29. The van der Waals surface area contributed by atoms with Gasteiger partial charge in [-0.3, -0.25) is 4.68 Å². The van der Waals surface area contributed by atoms with Crippen molar-refractivity contribution < 1.29 is 9.31 Å². The van der Waals surface area contributed by atoms with E-state index in [0.29, 0.717) is 5.92 Å². The standard InChI is InChI=1S/C16H25BN2O2/c1-15(2)16(3,4)21-17(20-15)14-8-6-12(7-9-14)13-10-18-19(5)11-13/h8,10-12H,6-7,9H2,1-5H3. The van der Waals surface area contributed by atoms with E-state index in [2.05, 4.69) is 45.1 Å². The Balaban J connectivity index is 1.69. The smallest absolute Gasteiger partial charge is 0.400 e. The second kappa shape index (κ2) is 4.99. The third kappa shape index (κ3) is 2.69. The van der Waals surface area contributed by atoms with E-state index in [1.54, 1.807) is 0 Å². The highest BCUT2D eigenvalue weighted by Crippen LogP contribution is 2.41. The van der Waals surface area contributed by atoms with Crippen LogP contribution in [0.25, 0.3) is 0 Å². The molecular formula is C16H25BN2O2. The molecule has 2 aliphatic rings. The van der Waals surface area contributed by atoms with Crippen LogP contribution in [0.5, 0.6) is 0 Å². The maximum atomic E-state index is 6.14. The molecule has 1 aliphatic heterocycles. The Morgan fingerprint density at radius 2 is 1.90 bits per heavy atom. The van der Waals surface area contributed by atoms with Crippen LogP contribution < -0.4 is 0 Å². The fourth-order valence-corrected chi connectivity index (χ4v) is 3.02. The molecule has 0 aromatic carbocycles. The minimum atomic E-state index is -0.251. The molecule has 114 valence electrons. The Kier molecular flexibility index (Phi) is 3.53. The highest BCUT2D eigenvalue weighted by Gasteiger charge is 2.52. The van der Waals surface area contributed by atoms with Crippen molar-refractivity contribution in [1.82, 2.24) is 9.78 Å². The Morgan fingerprint density at radius 3 is 2.38 bits per heavy atom. The average molecular weight is 288 g/mol. The van der Waals surface area contributed by atoms with Crippen molar-refractivity contribution in [3.63, 3.8) is 0 Å². The van der Waals surface area contributed by atoms with Crippen LogP contribution in [0, 0.1) is 0 Å². The Bertz CT molecular complexity index is 546. The quantitative estimate of drug-likeness (QED) is 0.784. The van der Waals surface area contributed by atoms with Gasteiger partial charge in [-0.05, 0) is 63.9 Å². The number of allylic oxidation sites excluding steroid dienone is 2. The van der Waals surface area contributed by atoms with Gasteiger partial charge in [-0.25, -0.2) is 0 Å². The summed E-state index contributed by atoms with van der Waals surface area (Å²) < 4.78 is 14.2. The fourth-order valence-electron chi connectivity index (χ4n) is 3.02. The van der Waals surface area contributed by atoms with Gasteiger partial charge in [0.1, 0.15) is 0 Å². The first-order valence-electron chi connectivity index (χ1n) is 7.81. The van der Waals surface area contributed by atoms with Gasteiger partial charge in [0.05, 0.1) is 17.4 Å². The van der Waals surface area contributed by atoms with Crippen LogP contribution in [0.1, 0.15) is 58.4 Å². The summed E-state index contributed by atoms with van der Waals surface area (Å²) in [5.41, 5.74) is 2.13. The van der Waals surface area contributed by atoms with Crippen molar-refractivity contribution in [3.05, 3.63) is 29.5 Å². The van der Waals surface area contributed by atoms with Gasteiger partial charge in [0.15, 0.2) is 0 Å². The summed E-state index contributed by atoms with van der Waals surface area (Å²) in [7, 11) is 1.79. The van der Waals surface area contributed by atoms with Gasteiger partial charge in [-0.15, -0.1) is 0 Å². The maximum absolute atomic E-state index is 6.14. The van der Waals surface area contributed by atoms with Crippen molar-refractivity contribution in [2.75, 3.05) is 0 Å². The summed E-state index contributed by atoms with van der Waals surface area (Å²) in [6, 6.07) is 0. The first kappa shape index (κ1) is 14.9. The highest BCUT2D eigenvalue weighted by molar-refractivity contribution is 6.54. The summed E-state index contributed by atoms with van der Waals surface area (Å²) in [5, 5.41) is 4.27. The molecule has 0 bridgehead atoms. The highest BCUT2D eigenvalue weighted by atomic mass is 16.7. The van der Waals surface area contributed by atoms with Crippen molar-refractivity contribution in [2.24, 2.45) is 7.05 Å². The van der Waals surface area contributed by atoms with E-state index >= 15 is 0 Å². The van der Waals surface area contributed by atoms with Crippen LogP contribution in [0.4, 0.5) is 0 Å². The van der Waals surface area contributed by atoms with Crippen molar-refractivity contribution in [2.45, 2.75) is 64.1 Å². The first-order valence-corrected chi connectivity index (χ1v) is 7.81. The zero-order chi connectivity index (χ0) is 15.3. The van der Waals surface area contributed by atoms with Gasteiger partial charge in [0, 0.05) is 13.2 Å². The zero-order valence-corrected chi connectivity index (χ0v) is 13.7. The number of rotatable bonds is 2. The molecule has 0 radical (unpaired) electrons. The summed E-state index contributed by atoms with van der Waals surface area (Å²) in [4.78, 5) is 0. The lowest BCUT2D eigenvalue weighted by atomic mass is 9.70. The number of hydrogen-bond donors (Lipinski definition) is 0. The molecule has 3 rings (SSSR count). The molecule has 4 nitrogen and oxygen atoms in total. The number of hydrogen-bond acceptors (Lipinski definition) is 3. The lowest BCUT2D eigenvalue weighted by molar-refractivity contribution is 0.00578. The molecule has 0 spiro atoms. The minimum Gasteiger partial charge on any atom is -0.400 e. The summed E-state index contributed by atoms with van der Waals surface area (Å²) in [6.07, 6.45) is 9.64. The van der Waals surface area contributed by atoms with Gasteiger partial charge >= 0.3 is 7.12 Å².